The third kappa shape index (κ3) is 9.02. The van der Waals surface area contributed by atoms with Gasteiger partial charge in [0, 0.05) is 12.8 Å². The Bertz CT molecular complexity index is 457. The molecule has 0 aromatic rings. The van der Waals surface area contributed by atoms with Gasteiger partial charge in [0.05, 0.1) is 11.8 Å². The van der Waals surface area contributed by atoms with E-state index in [0.717, 1.165) is 12.8 Å². The molecule has 0 aliphatic carbocycles. The van der Waals surface area contributed by atoms with Crippen LogP contribution in [-0.2, 0) is 23.9 Å². The number of aliphatic carboxylic acids is 2. The van der Waals surface area contributed by atoms with Crippen molar-refractivity contribution >= 4 is 23.9 Å². The molecule has 0 rings (SSSR count). The van der Waals surface area contributed by atoms with Crippen LogP contribution < -0.4 is 0 Å². The van der Waals surface area contributed by atoms with E-state index in [1.165, 1.54) is 0 Å². The van der Waals surface area contributed by atoms with E-state index in [1.807, 2.05) is 13.8 Å². The summed E-state index contributed by atoms with van der Waals surface area (Å²) in [4.78, 5) is 47.3. The van der Waals surface area contributed by atoms with Gasteiger partial charge in [-0.2, -0.15) is 0 Å². The highest BCUT2D eigenvalue weighted by atomic mass is 16.6. The number of carboxylic acids is 2. The molecule has 0 bridgehead atoms. The molecule has 4 atom stereocenters. The summed E-state index contributed by atoms with van der Waals surface area (Å²) in [7, 11) is 0. The fourth-order valence-corrected chi connectivity index (χ4v) is 3.72. The number of ether oxygens (including phenoxy) is 1. The highest BCUT2D eigenvalue weighted by Crippen LogP contribution is 2.29. The average molecular weight is 386 g/mol. The van der Waals surface area contributed by atoms with Crippen molar-refractivity contribution < 1.29 is 34.1 Å². The van der Waals surface area contributed by atoms with Gasteiger partial charge in [0.15, 0.2) is 0 Å². The molecular weight excluding hydrogens is 352 g/mol. The van der Waals surface area contributed by atoms with Gasteiger partial charge in [0.1, 0.15) is 0 Å². The molecule has 0 aliphatic heterocycles. The SMILES string of the molecule is CCCC(CC(=O)O)C(CC)C(=O)OC(=O)C(CC)C(CCC)CC(=O)O. The first kappa shape index (κ1) is 25.1. The Labute approximate surface area is 161 Å². The Kier molecular flexibility index (Phi) is 12.3. The van der Waals surface area contributed by atoms with Gasteiger partial charge in [0.2, 0.25) is 0 Å². The van der Waals surface area contributed by atoms with Gasteiger partial charge in [-0.25, -0.2) is 0 Å². The zero-order chi connectivity index (χ0) is 21.0. The Balaban J connectivity index is 5.24. The molecule has 0 amide bonds. The van der Waals surface area contributed by atoms with Gasteiger partial charge in [0.25, 0.3) is 0 Å². The molecule has 2 N–H and O–H groups in total. The minimum absolute atomic E-state index is 0.148. The largest absolute Gasteiger partial charge is 0.481 e. The Morgan fingerprint density at radius 3 is 1.26 bits per heavy atom. The molecule has 0 aromatic carbocycles. The predicted octanol–water partition coefficient (Wildman–Crippen LogP) is 3.89. The van der Waals surface area contributed by atoms with Gasteiger partial charge in [-0.1, -0.05) is 40.5 Å². The molecule has 0 fully saturated rings. The second-order valence-electron chi connectivity index (χ2n) is 7.06. The van der Waals surface area contributed by atoms with Gasteiger partial charge in [-0.05, 0) is 37.5 Å². The lowest BCUT2D eigenvalue weighted by molar-refractivity contribution is -0.168. The van der Waals surface area contributed by atoms with Crippen LogP contribution in [-0.4, -0.2) is 34.1 Å². The first-order valence-electron chi connectivity index (χ1n) is 9.90. The Morgan fingerprint density at radius 1 is 0.704 bits per heavy atom. The van der Waals surface area contributed by atoms with Crippen molar-refractivity contribution in [3.05, 3.63) is 0 Å². The van der Waals surface area contributed by atoms with E-state index in [9.17, 15) is 19.2 Å². The summed E-state index contributed by atoms with van der Waals surface area (Å²) in [5.41, 5.74) is 0. The van der Waals surface area contributed by atoms with E-state index >= 15 is 0 Å². The molecule has 0 saturated heterocycles. The number of carbonyl (C=O) groups excluding carboxylic acids is 2. The highest BCUT2D eigenvalue weighted by Gasteiger charge is 2.35. The van der Waals surface area contributed by atoms with Gasteiger partial charge in [-0.15, -0.1) is 0 Å². The van der Waals surface area contributed by atoms with Crippen molar-refractivity contribution in [1.82, 2.24) is 0 Å². The van der Waals surface area contributed by atoms with Crippen LogP contribution >= 0.6 is 0 Å². The summed E-state index contributed by atoms with van der Waals surface area (Å²) in [5, 5.41) is 18.2. The first-order chi connectivity index (χ1) is 12.7. The molecule has 0 spiro atoms. The first-order valence-corrected chi connectivity index (χ1v) is 9.90. The van der Waals surface area contributed by atoms with Gasteiger partial charge < -0.3 is 14.9 Å². The number of esters is 2. The van der Waals surface area contributed by atoms with E-state index in [2.05, 4.69) is 0 Å². The van der Waals surface area contributed by atoms with Crippen LogP contribution in [0.5, 0.6) is 0 Å². The summed E-state index contributed by atoms with van der Waals surface area (Å²) in [6, 6.07) is 0. The summed E-state index contributed by atoms with van der Waals surface area (Å²) in [6.07, 6.45) is 3.04. The van der Waals surface area contributed by atoms with Crippen molar-refractivity contribution in [2.24, 2.45) is 23.7 Å². The predicted molar refractivity (Wildman–Crippen MR) is 100.0 cm³/mol. The minimum atomic E-state index is -0.984. The Hall–Kier alpha value is -1.92. The lowest BCUT2D eigenvalue weighted by atomic mass is 9.83. The van der Waals surface area contributed by atoms with E-state index in [1.54, 1.807) is 13.8 Å². The van der Waals surface area contributed by atoms with Crippen LogP contribution in [0.15, 0.2) is 0 Å². The zero-order valence-electron chi connectivity index (χ0n) is 16.9. The van der Waals surface area contributed by atoms with E-state index in [4.69, 9.17) is 14.9 Å². The topological polar surface area (TPSA) is 118 Å². The molecule has 4 unspecified atom stereocenters. The quantitative estimate of drug-likeness (QED) is 0.343. The van der Waals surface area contributed by atoms with Gasteiger partial charge >= 0.3 is 23.9 Å². The van der Waals surface area contributed by atoms with E-state index in [-0.39, 0.29) is 24.7 Å². The zero-order valence-corrected chi connectivity index (χ0v) is 16.9. The monoisotopic (exact) mass is 386 g/mol. The van der Waals surface area contributed by atoms with Crippen molar-refractivity contribution in [3.8, 4) is 0 Å². The van der Waals surface area contributed by atoms with Crippen LogP contribution in [0, 0.1) is 23.7 Å². The standard InChI is InChI=1S/C20H34O7/c1-5-9-13(11-17(21)22)15(7-3)19(25)27-20(26)16(8-4)14(10-6-2)12-18(23)24/h13-16H,5-12H2,1-4H3,(H,21,22)(H,23,24). The van der Waals surface area contributed by atoms with E-state index in [0.29, 0.717) is 25.7 Å². The molecule has 0 radical (unpaired) electrons. The molecule has 0 saturated carbocycles. The maximum absolute atomic E-state index is 12.6. The number of carboxylic acid groups (broad SMARTS) is 2. The minimum Gasteiger partial charge on any atom is -0.481 e. The third-order valence-corrected chi connectivity index (χ3v) is 5.02. The number of rotatable bonds is 14. The Morgan fingerprint density at radius 2 is 1.04 bits per heavy atom. The van der Waals surface area contributed by atoms with Crippen LogP contribution in [0.3, 0.4) is 0 Å². The molecule has 7 nitrogen and oxygen atoms in total. The second kappa shape index (κ2) is 13.3. The number of hydrogen-bond donors (Lipinski definition) is 2. The second-order valence-corrected chi connectivity index (χ2v) is 7.06. The maximum Gasteiger partial charge on any atom is 0.316 e. The van der Waals surface area contributed by atoms with Crippen molar-refractivity contribution in [3.63, 3.8) is 0 Å². The molecule has 27 heavy (non-hydrogen) atoms. The lowest BCUT2D eigenvalue weighted by Gasteiger charge is -2.26. The van der Waals surface area contributed by atoms with Crippen molar-refractivity contribution in [2.75, 3.05) is 0 Å². The number of carbonyl (C=O) groups is 4. The highest BCUT2D eigenvalue weighted by molar-refractivity contribution is 5.88. The fraction of sp³-hybridized carbons (Fsp3) is 0.800. The molecular formula is C20H34O7. The summed E-state index contributed by atoms with van der Waals surface area (Å²) < 4.78 is 5.11. The normalized spacial score (nSPS) is 15.4. The fourth-order valence-electron chi connectivity index (χ4n) is 3.72. The molecule has 7 heteroatoms. The van der Waals surface area contributed by atoms with Crippen LogP contribution in [0.25, 0.3) is 0 Å². The molecule has 0 aliphatic rings. The van der Waals surface area contributed by atoms with E-state index < -0.39 is 35.7 Å². The average Bonchev–Trinajstić information content (AvgIpc) is 2.55. The third-order valence-electron chi connectivity index (χ3n) is 5.02. The number of hydrogen-bond acceptors (Lipinski definition) is 5. The molecule has 0 aromatic heterocycles. The summed E-state index contributed by atoms with van der Waals surface area (Å²) in [6.45, 7) is 7.35. The maximum atomic E-state index is 12.6. The summed E-state index contributed by atoms with van der Waals surface area (Å²) >= 11 is 0. The lowest BCUT2D eigenvalue weighted by Crippen LogP contribution is -2.33. The van der Waals surface area contributed by atoms with Crippen molar-refractivity contribution in [2.45, 2.75) is 79.1 Å². The molecule has 0 heterocycles. The molecule has 156 valence electrons. The van der Waals surface area contributed by atoms with Crippen LogP contribution in [0.1, 0.15) is 79.1 Å². The van der Waals surface area contributed by atoms with Crippen LogP contribution in [0.4, 0.5) is 0 Å². The van der Waals surface area contributed by atoms with Crippen molar-refractivity contribution in [1.29, 1.82) is 0 Å². The summed E-state index contributed by atoms with van der Waals surface area (Å²) in [5.74, 6) is -5.47. The smallest absolute Gasteiger partial charge is 0.316 e. The van der Waals surface area contributed by atoms with Gasteiger partial charge in [-0.3, -0.25) is 19.2 Å². The van der Waals surface area contributed by atoms with Crippen LogP contribution in [0.2, 0.25) is 0 Å².